The largest absolute Gasteiger partial charge is 0.478 e. The summed E-state index contributed by atoms with van der Waals surface area (Å²) in [6.07, 6.45) is 1.38. The van der Waals surface area contributed by atoms with Gasteiger partial charge in [0.25, 0.3) is 0 Å². The fraction of sp³-hybridized carbons (Fsp3) is 0.750. The molecule has 0 aromatic carbocycles. The summed E-state index contributed by atoms with van der Waals surface area (Å²) in [6, 6.07) is 0. The minimum Gasteiger partial charge on any atom is -0.478 e. The molecule has 1 aliphatic rings. The van der Waals surface area contributed by atoms with E-state index in [9.17, 15) is 9.90 Å². The molecule has 0 fully saturated rings. The number of hydrogen-bond acceptors (Lipinski definition) is 2. The minimum absolute atomic E-state index is 0.143. The Morgan fingerprint density at radius 2 is 1.93 bits per heavy atom. The third-order valence-corrected chi connectivity index (χ3v) is 3.00. The van der Waals surface area contributed by atoms with Crippen LogP contribution in [0.5, 0.6) is 0 Å². The first-order valence-corrected chi connectivity index (χ1v) is 5.45. The van der Waals surface area contributed by atoms with Gasteiger partial charge < -0.3 is 10.4 Å². The Bertz CT molecular complexity index is 314. The van der Waals surface area contributed by atoms with Crippen molar-refractivity contribution in [3.63, 3.8) is 0 Å². The van der Waals surface area contributed by atoms with Crippen molar-refractivity contribution in [2.24, 2.45) is 0 Å². The second-order valence-electron chi connectivity index (χ2n) is 5.43. The summed E-state index contributed by atoms with van der Waals surface area (Å²) in [6.45, 7) is 10.2. The lowest BCUT2D eigenvalue weighted by atomic mass is 9.76. The first kappa shape index (κ1) is 12.2. The average Bonchev–Trinajstić information content (AvgIpc) is 1.98. The Morgan fingerprint density at radius 3 is 2.33 bits per heavy atom. The molecule has 0 aromatic rings. The smallest absolute Gasteiger partial charge is 0.331 e. The van der Waals surface area contributed by atoms with Crippen molar-refractivity contribution in [2.45, 2.75) is 58.5 Å². The van der Waals surface area contributed by atoms with Gasteiger partial charge in [0.2, 0.25) is 0 Å². The lowest BCUT2D eigenvalue weighted by Gasteiger charge is -2.44. The molecule has 1 aliphatic heterocycles. The Morgan fingerprint density at radius 1 is 1.40 bits per heavy atom. The van der Waals surface area contributed by atoms with Gasteiger partial charge in [0.1, 0.15) is 0 Å². The molecular weight excluding hydrogens is 190 g/mol. The Kier molecular flexibility index (Phi) is 2.97. The number of hydrogen-bond donors (Lipinski definition) is 2. The van der Waals surface area contributed by atoms with Crippen LogP contribution in [0.4, 0.5) is 0 Å². The molecule has 0 spiro atoms. The SMILES string of the molecule is CCC1=C(C(=O)O)CC(C)(C)NC1(C)C. The van der Waals surface area contributed by atoms with Crippen molar-refractivity contribution in [1.29, 1.82) is 0 Å². The monoisotopic (exact) mass is 211 g/mol. The van der Waals surface area contributed by atoms with Gasteiger partial charge in [0.15, 0.2) is 0 Å². The van der Waals surface area contributed by atoms with E-state index in [1.54, 1.807) is 0 Å². The predicted octanol–water partition coefficient (Wildman–Crippen LogP) is 2.33. The van der Waals surface area contributed by atoms with E-state index in [0.717, 1.165) is 12.0 Å². The summed E-state index contributed by atoms with van der Waals surface area (Å²) in [5.74, 6) is -0.769. The highest BCUT2D eigenvalue weighted by molar-refractivity contribution is 5.88. The minimum atomic E-state index is -0.769. The third kappa shape index (κ3) is 2.40. The Hall–Kier alpha value is -0.830. The van der Waals surface area contributed by atoms with E-state index in [1.807, 2.05) is 20.8 Å². The van der Waals surface area contributed by atoms with Crippen molar-refractivity contribution >= 4 is 5.97 Å². The number of aliphatic carboxylic acids is 1. The Labute approximate surface area is 91.6 Å². The fourth-order valence-electron chi connectivity index (χ4n) is 2.75. The topological polar surface area (TPSA) is 49.3 Å². The molecule has 0 saturated heterocycles. The van der Waals surface area contributed by atoms with Crippen LogP contribution in [0.3, 0.4) is 0 Å². The van der Waals surface area contributed by atoms with Crippen molar-refractivity contribution in [3.05, 3.63) is 11.1 Å². The average molecular weight is 211 g/mol. The van der Waals surface area contributed by atoms with E-state index in [1.165, 1.54) is 0 Å². The van der Waals surface area contributed by atoms with E-state index in [0.29, 0.717) is 12.0 Å². The number of carboxylic acids is 1. The Balaban J connectivity index is 3.25. The van der Waals surface area contributed by atoms with Gasteiger partial charge in [-0.3, -0.25) is 0 Å². The van der Waals surface area contributed by atoms with E-state index in [2.05, 4.69) is 19.2 Å². The fourth-order valence-corrected chi connectivity index (χ4v) is 2.75. The molecule has 0 atom stereocenters. The molecule has 0 amide bonds. The molecule has 0 radical (unpaired) electrons. The van der Waals surface area contributed by atoms with Crippen molar-refractivity contribution in [2.75, 3.05) is 0 Å². The molecule has 1 heterocycles. The van der Waals surface area contributed by atoms with Gasteiger partial charge in [-0.15, -0.1) is 0 Å². The highest BCUT2D eigenvalue weighted by Gasteiger charge is 2.39. The second kappa shape index (κ2) is 3.63. The van der Waals surface area contributed by atoms with Gasteiger partial charge in [0.05, 0.1) is 0 Å². The molecule has 15 heavy (non-hydrogen) atoms. The zero-order valence-corrected chi connectivity index (χ0v) is 10.3. The molecule has 0 bridgehead atoms. The van der Waals surface area contributed by atoms with Gasteiger partial charge in [-0.25, -0.2) is 4.79 Å². The zero-order valence-electron chi connectivity index (χ0n) is 10.3. The van der Waals surface area contributed by atoms with Crippen molar-refractivity contribution < 1.29 is 9.90 Å². The van der Waals surface area contributed by atoms with Crippen LogP contribution in [-0.2, 0) is 4.79 Å². The molecule has 3 heteroatoms. The van der Waals surface area contributed by atoms with Crippen LogP contribution in [0, 0.1) is 0 Å². The number of rotatable bonds is 2. The quantitative estimate of drug-likeness (QED) is 0.737. The maximum absolute atomic E-state index is 11.2. The van der Waals surface area contributed by atoms with E-state index < -0.39 is 5.97 Å². The van der Waals surface area contributed by atoms with Crippen molar-refractivity contribution in [3.8, 4) is 0 Å². The highest BCUT2D eigenvalue weighted by atomic mass is 16.4. The van der Waals surface area contributed by atoms with Gasteiger partial charge in [-0.1, -0.05) is 6.92 Å². The van der Waals surface area contributed by atoms with Crippen LogP contribution in [0.15, 0.2) is 11.1 Å². The number of nitrogens with one attached hydrogen (secondary N) is 1. The summed E-state index contributed by atoms with van der Waals surface area (Å²) >= 11 is 0. The second-order valence-corrected chi connectivity index (χ2v) is 5.43. The summed E-state index contributed by atoms with van der Waals surface area (Å²) in [4.78, 5) is 11.2. The van der Waals surface area contributed by atoms with Crippen LogP contribution >= 0.6 is 0 Å². The summed E-state index contributed by atoms with van der Waals surface area (Å²) in [7, 11) is 0. The lowest BCUT2D eigenvalue weighted by molar-refractivity contribution is -0.133. The number of carbonyl (C=O) groups is 1. The molecule has 0 aromatic heterocycles. The van der Waals surface area contributed by atoms with Crippen LogP contribution in [0.25, 0.3) is 0 Å². The molecule has 86 valence electrons. The molecule has 3 nitrogen and oxygen atoms in total. The summed E-state index contributed by atoms with van der Waals surface area (Å²) < 4.78 is 0. The van der Waals surface area contributed by atoms with E-state index >= 15 is 0 Å². The van der Waals surface area contributed by atoms with E-state index in [4.69, 9.17) is 0 Å². The summed E-state index contributed by atoms with van der Waals surface area (Å²) in [5.41, 5.74) is 1.25. The first-order valence-electron chi connectivity index (χ1n) is 5.45. The summed E-state index contributed by atoms with van der Waals surface area (Å²) in [5, 5.41) is 12.7. The molecule has 0 aliphatic carbocycles. The lowest BCUT2D eigenvalue weighted by Crippen LogP contribution is -2.57. The maximum Gasteiger partial charge on any atom is 0.331 e. The predicted molar refractivity (Wildman–Crippen MR) is 60.9 cm³/mol. The van der Waals surface area contributed by atoms with Gasteiger partial charge in [0, 0.05) is 16.7 Å². The molecule has 0 saturated carbocycles. The zero-order chi connectivity index (χ0) is 11.9. The maximum atomic E-state index is 11.2. The van der Waals surface area contributed by atoms with Crippen LogP contribution in [0.2, 0.25) is 0 Å². The third-order valence-electron chi connectivity index (χ3n) is 3.00. The number of carboxylic acid groups (broad SMARTS) is 1. The molecular formula is C12H21NO2. The van der Waals surface area contributed by atoms with Gasteiger partial charge >= 0.3 is 5.97 Å². The molecule has 1 rings (SSSR count). The standard InChI is InChI=1S/C12H21NO2/c1-6-9-8(10(14)15)7-11(2,3)13-12(9,4)5/h13H,6-7H2,1-5H3,(H,14,15). The normalized spacial score (nSPS) is 24.1. The van der Waals surface area contributed by atoms with Crippen LogP contribution in [0.1, 0.15) is 47.5 Å². The molecule has 2 N–H and O–H groups in total. The van der Waals surface area contributed by atoms with Crippen LogP contribution < -0.4 is 5.32 Å². The first-order chi connectivity index (χ1) is 6.69. The van der Waals surface area contributed by atoms with E-state index in [-0.39, 0.29) is 11.1 Å². The highest BCUT2D eigenvalue weighted by Crippen LogP contribution is 2.35. The van der Waals surface area contributed by atoms with Gasteiger partial charge in [-0.2, -0.15) is 0 Å². The van der Waals surface area contributed by atoms with Crippen LogP contribution in [-0.4, -0.2) is 22.2 Å². The molecule has 0 unspecified atom stereocenters. The van der Waals surface area contributed by atoms with Crippen molar-refractivity contribution in [1.82, 2.24) is 5.32 Å². The van der Waals surface area contributed by atoms with Gasteiger partial charge in [-0.05, 0) is 46.1 Å².